The summed E-state index contributed by atoms with van der Waals surface area (Å²) in [5.41, 5.74) is 0. The molecule has 596 valence electrons. The molecule has 1 amide bonds. The average Bonchev–Trinajstić information content (AvgIpc) is 0.782. The van der Waals surface area contributed by atoms with Gasteiger partial charge in [0, 0.05) is 6.42 Å². The molecule has 17 unspecified atom stereocenters. The van der Waals surface area contributed by atoms with E-state index in [9.17, 15) is 61.0 Å². The maximum Gasteiger partial charge on any atom is 0.220 e. The molecule has 3 heterocycles. The lowest BCUT2D eigenvalue weighted by Gasteiger charge is -2.48. The van der Waals surface area contributed by atoms with Gasteiger partial charge in [0.1, 0.15) is 73.2 Å². The van der Waals surface area contributed by atoms with Gasteiger partial charge in [0.15, 0.2) is 18.9 Å². The number of hydrogen-bond donors (Lipinski definition) is 12. The molecule has 0 saturated carbocycles. The third-order valence-corrected chi connectivity index (χ3v) is 21.3. The van der Waals surface area contributed by atoms with E-state index in [0.717, 1.165) is 51.4 Å². The first-order valence-electron chi connectivity index (χ1n) is 42.1. The summed E-state index contributed by atoms with van der Waals surface area (Å²) in [6, 6.07) is -0.888. The first kappa shape index (κ1) is 93.5. The topological polar surface area (TPSA) is 307 Å². The second kappa shape index (κ2) is 63.2. The largest absolute Gasteiger partial charge is 0.394 e. The van der Waals surface area contributed by atoms with E-state index in [-0.39, 0.29) is 18.9 Å². The van der Waals surface area contributed by atoms with Crippen LogP contribution in [-0.2, 0) is 33.2 Å². The minimum absolute atomic E-state index is 0.236. The minimum atomic E-state index is -1.97. The molecule has 3 fully saturated rings. The molecule has 0 bridgehead atoms. The Morgan fingerprint density at radius 3 is 1.01 bits per heavy atom. The van der Waals surface area contributed by atoms with Crippen LogP contribution in [0.5, 0.6) is 0 Å². The lowest BCUT2D eigenvalue weighted by Crippen LogP contribution is -2.66. The van der Waals surface area contributed by atoms with E-state index in [2.05, 4.69) is 43.5 Å². The van der Waals surface area contributed by atoms with Crippen molar-refractivity contribution in [3.8, 4) is 0 Å². The highest BCUT2D eigenvalue weighted by Crippen LogP contribution is 2.33. The number of ether oxygens (including phenoxy) is 6. The molecule has 3 aliphatic heterocycles. The highest BCUT2D eigenvalue weighted by atomic mass is 16.8. The van der Waals surface area contributed by atoms with Gasteiger partial charge in [-0.3, -0.25) is 4.79 Å². The summed E-state index contributed by atoms with van der Waals surface area (Å²) in [5, 5.41) is 121. The smallest absolute Gasteiger partial charge is 0.220 e. The van der Waals surface area contributed by atoms with Crippen molar-refractivity contribution in [2.45, 2.75) is 465 Å². The van der Waals surface area contributed by atoms with Crippen LogP contribution >= 0.6 is 0 Å². The molecule has 19 heteroatoms. The fourth-order valence-electron chi connectivity index (χ4n) is 14.5. The fraction of sp³-hybridized carbons (Fsp3) is 0.939. The van der Waals surface area contributed by atoms with Crippen LogP contribution in [0.2, 0.25) is 0 Å². The van der Waals surface area contributed by atoms with Crippen molar-refractivity contribution in [2.24, 2.45) is 0 Å². The van der Waals surface area contributed by atoms with Crippen LogP contribution in [0.3, 0.4) is 0 Å². The van der Waals surface area contributed by atoms with Crippen LogP contribution in [0, 0.1) is 0 Å². The Morgan fingerprint density at radius 2 is 0.653 bits per heavy atom. The van der Waals surface area contributed by atoms with Crippen molar-refractivity contribution in [1.29, 1.82) is 0 Å². The number of allylic oxidation sites excluding steroid dienone is 4. The number of aliphatic hydroxyl groups is 11. The predicted molar refractivity (Wildman–Crippen MR) is 402 cm³/mol. The highest BCUT2D eigenvalue weighted by Gasteiger charge is 2.54. The summed E-state index contributed by atoms with van der Waals surface area (Å²) in [6.45, 7) is 1.85. The van der Waals surface area contributed by atoms with Crippen molar-refractivity contribution in [1.82, 2.24) is 5.32 Å². The summed E-state index contributed by atoms with van der Waals surface area (Å²) < 4.78 is 34.6. The number of hydrogen-bond acceptors (Lipinski definition) is 18. The molecule has 3 saturated heterocycles. The lowest BCUT2D eigenvalue weighted by atomic mass is 9.96. The minimum Gasteiger partial charge on any atom is -0.394 e. The summed E-state index contributed by atoms with van der Waals surface area (Å²) in [6.07, 6.45) is 49.8. The number of nitrogens with one attached hydrogen (secondary N) is 1. The number of carbonyl (C=O) groups excluding carboxylic acids is 1. The summed E-state index contributed by atoms with van der Waals surface area (Å²) >= 11 is 0. The molecule has 17 atom stereocenters. The first-order valence-corrected chi connectivity index (χ1v) is 42.1. The molecule has 3 rings (SSSR count). The Bertz CT molecular complexity index is 1920. The molecule has 0 aliphatic carbocycles. The third kappa shape index (κ3) is 43.2. The molecular formula is C82H155NO18. The maximum atomic E-state index is 13.5. The quantitative estimate of drug-likeness (QED) is 0.0199. The Kier molecular flexibility index (Phi) is 58.5. The Balaban J connectivity index is 1.35. The van der Waals surface area contributed by atoms with E-state index in [1.54, 1.807) is 0 Å². The zero-order valence-electron chi connectivity index (χ0n) is 63.9. The molecule has 3 aliphatic rings. The van der Waals surface area contributed by atoms with Crippen LogP contribution < -0.4 is 5.32 Å². The zero-order chi connectivity index (χ0) is 73.2. The van der Waals surface area contributed by atoms with E-state index in [4.69, 9.17) is 28.4 Å². The van der Waals surface area contributed by atoms with E-state index >= 15 is 0 Å². The predicted octanol–water partition coefficient (Wildman–Crippen LogP) is 14.5. The molecular weight excluding hydrogens is 1290 g/mol. The van der Waals surface area contributed by atoms with Crippen LogP contribution in [0.25, 0.3) is 0 Å². The number of unbranched alkanes of at least 4 members (excludes halogenated alkanes) is 48. The summed E-state index contributed by atoms with van der Waals surface area (Å²) in [5.74, 6) is -0.236. The van der Waals surface area contributed by atoms with Crippen molar-refractivity contribution >= 4 is 5.91 Å². The van der Waals surface area contributed by atoms with Gasteiger partial charge in [0.2, 0.25) is 5.91 Å². The zero-order valence-corrected chi connectivity index (χ0v) is 63.9. The van der Waals surface area contributed by atoms with E-state index in [1.165, 1.54) is 276 Å². The van der Waals surface area contributed by atoms with E-state index < -0.39 is 124 Å². The van der Waals surface area contributed by atoms with Crippen LogP contribution in [0.15, 0.2) is 24.3 Å². The molecule has 0 spiro atoms. The molecule has 0 aromatic rings. The normalized spacial score (nSPS) is 26.4. The molecule has 0 aromatic carbocycles. The summed E-state index contributed by atoms with van der Waals surface area (Å²) in [4.78, 5) is 13.5. The SMILES string of the molecule is CCCCCCC/C=C\C/C=C\CCCCCCCCCCCCCCCCCC(=O)NC(COC1OC(CO)C(OC2OC(CO)C(OC3OC(CO)C(O)C(O)C3O)C(O)C2O)C(O)C1O)C(O)CCCCCCCCCCCCCCCCCCCCCCCCCCCCCCC. The van der Waals surface area contributed by atoms with Crippen molar-refractivity contribution < 1.29 is 89.4 Å². The van der Waals surface area contributed by atoms with Crippen LogP contribution in [-0.4, -0.2) is 193 Å². The number of carbonyl (C=O) groups is 1. The number of amides is 1. The van der Waals surface area contributed by atoms with Gasteiger partial charge >= 0.3 is 0 Å². The van der Waals surface area contributed by atoms with Gasteiger partial charge in [-0.2, -0.15) is 0 Å². The van der Waals surface area contributed by atoms with Gasteiger partial charge in [-0.25, -0.2) is 0 Å². The molecule has 0 radical (unpaired) electrons. The molecule has 19 nitrogen and oxygen atoms in total. The standard InChI is InChI=1S/C82H155NO18/c1-3-5-7-9-11-13-15-17-19-21-23-25-27-29-31-32-34-35-37-39-41-43-45-47-49-51-53-55-57-59-66(87)65(83-70(88)60-58-56-54-52-50-48-46-44-42-40-38-36-33-30-28-26-24-22-20-18-16-14-12-10-8-6-4-2)64-96-80-76(94)73(91)78(68(62-85)98-80)101-82-77(95)74(92)79(69(63-86)99-82)100-81-75(93)72(90)71(89)67(61-84)97-81/h16,18,22,24,65-69,71-82,84-87,89-95H,3-15,17,19-21,23,25-64H2,1-2H3,(H,83,88)/b18-16-,24-22-. The third-order valence-electron chi connectivity index (χ3n) is 21.3. The van der Waals surface area contributed by atoms with E-state index in [1.807, 2.05) is 0 Å². The van der Waals surface area contributed by atoms with Gasteiger partial charge in [-0.05, 0) is 44.9 Å². The highest BCUT2D eigenvalue weighted by molar-refractivity contribution is 5.76. The molecule has 0 aromatic heterocycles. The van der Waals surface area contributed by atoms with Crippen LogP contribution in [0.1, 0.15) is 361 Å². The van der Waals surface area contributed by atoms with Gasteiger partial charge in [-0.15, -0.1) is 0 Å². The fourth-order valence-corrected chi connectivity index (χ4v) is 14.5. The first-order chi connectivity index (χ1) is 49.3. The van der Waals surface area contributed by atoms with Gasteiger partial charge in [0.05, 0.1) is 38.6 Å². The van der Waals surface area contributed by atoms with Gasteiger partial charge in [0.25, 0.3) is 0 Å². The lowest BCUT2D eigenvalue weighted by molar-refractivity contribution is -0.379. The molecule has 12 N–H and O–H groups in total. The van der Waals surface area contributed by atoms with E-state index in [0.29, 0.717) is 12.8 Å². The molecule has 101 heavy (non-hydrogen) atoms. The van der Waals surface area contributed by atoms with Crippen LogP contribution in [0.4, 0.5) is 0 Å². The monoisotopic (exact) mass is 1440 g/mol. The maximum absolute atomic E-state index is 13.5. The average molecular weight is 1440 g/mol. The van der Waals surface area contributed by atoms with Crippen molar-refractivity contribution in [3.05, 3.63) is 24.3 Å². The Hall–Kier alpha value is -1.73. The van der Waals surface area contributed by atoms with Gasteiger partial charge in [-0.1, -0.05) is 334 Å². The second-order valence-electron chi connectivity index (χ2n) is 30.3. The second-order valence-corrected chi connectivity index (χ2v) is 30.3. The Morgan fingerprint density at radius 1 is 0.356 bits per heavy atom. The van der Waals surface area contributed by atoms with Gasteiger partial charge < -0.3 is 89.9 Å². The Labute approximate surface area is 613 Å². The number of aliphatic hydroxyl groups excluding tert-OH is 11. The van der Waals surface area contributed by atoms with Crippen molar-refractivity contribution in [2.75, 3.05) is 26.4 Å². The van der Waals surface area contributed by atoms with Crippen molar-refractivity contribution in [3.63, 3.8) is 0 Å². The number of rotatable bonds is 68. The summed E-state index contributed by atoms with van der Waals surface area (Å²) in [7, 11) is 0.